The summed E-state index contributed by atoms with van der Waals surface area (Å²) < 4.78 is 0. The minimum Gasteiger partial charge on any atom is -0.310 e. The van der Waals surface area contributed by atoms with Crippen molar-refractivity contribution in [3.8, 4) is 0 Å². The second-order valence-corrected chi connectivity index (χ2v) is 7.53. The van der Waals surface area contributed by atoms with Crippen molar-refractivity contribution in [2.45, 2.75) is 57.7 Å². The normalized spacial score (nSPS) is 24.6. The number of aryl methyl sites for hydroxylation is 1. The van der Waals surface area contributed by atoms with Crippen LogP contribution >= 0.6 is 11.8 Å². The van der Waals surface area contributed by atoms with Gasteiger partial charge in [-0.15, -0.1) is 0 Å². The van der Waals surface area contributed by atoms with Crippen LogP contribution < -0.4 is 5.32 Å². The molecule has 0 radical (unpaired) electrons. The van der Waals surface area contributed by atoms with Gasteiger partial charge in [-0.3, -0.25) is 0 Å². The van der Waals surface area contributed by atoms with E-state index in [2.05, 4.69) is 62.1 Å². The van der Waals surface area contributed by atoms with Gasteiger partial charge in [0.25, 0.3) is 0 Å². The monoisotopic (exact) mass is 291 g/mol. The largest absolute Gasteiger partial charge is 0.310 e. The van der Waals surface area contributed by atoms with Crippen LogP contribution in [0.3, 0.4) is 0 Å². The molecule has 2 rings (SSSR count). The molecule has 1 aliphatic rings. The van der Waals surface area contributed by atoms with Crippen molar-refractivity contribution in [3.63, 3.8) is 0 Å². The molecule has 0 saturated heterocycles. The van der Waals surface area contributed by atoms with E-state index in [4.69, 9.17) is 0 Å². The summed E-state index contributed by atoms with van der Waals surface area (Å²) in [4.78, 5) is 0. The zero-order chi connectivity index (χ0) is 14.4. The summed E-state index contributed by atoms with van der Waals surface area (Å²) in [5, 5.41) is 4.55. The van der Waals surface area contributed by atoms with Crippen molar-refractivity contribution < 1.29 is 0 Å². The van der Waals surface area contributed by atoms with Crippen molar-refractivity contribution in [2.75, 3.05) is 12.3 Å². The molecule has 1 aliphatic carbocycles. The number of hydrogen-bond donors (Lipinski definition) is 1. The molecule has 1 aromatic carbocycles. The Morgan fingerprint density at radius 1 is 1.30 bits per heavy atom. The van der Waals surface area contributed by atoms with E-state index in [0.29, 0.717) is 6.04 Å². The topological polar surface area (TPSA) is 12.0 Å². The van der Waals surface area contributed by atoms with Gasteiger partial charge >= 0.3 is 0 Å². The maximum atomic E-state index is 3.67. The zero-order valence-corrected chi connectivity index (χ0v) is 14.0. The van der Waals surface area contributed by atoms with E-state index >= 15 is 0 Å². The molecule has 112 valence electrons. The van der Waals surface area contributed by atoms with E-state index in [9.17, 15) is 0 Å². The Morgan fingerprint density at radius 2 is 2.10 bits per heavy atom. The highest BCUT2D eigenvalue weighted by atomic mass is 32.2. The summed E-state index contributed by atoms with van der Waals surface area (Å²) in [6.07, 6.45) is 5.69. The number of rotatable bonds is 6. The standard InChI is InChI=1S/C18H29NS/c1-4-19-18(17-11-6-5-9-15(17)3)13-20-16-10-7-8-14(2)12-16/h5-6,9,11,14,16,18-19H,4,7-8,10,12-13H2,1-3H3. The van der Waals surface area contributed by atoms with Gasteiger partial charge in [0.2, 0.25) is 0 Å². The summed E-state index contributed by atoms with van der Waals surface area (Å²) in [7, 11) is 0. The molecule has 0 bridgehead atoms. The Hall–Kier alpha value is -0.470. The SMILES string of the molecule is CCNC(CSC1CCCC(C)C1)c1ccccc1C. The van der Waals surface area contributed by atoms with Gasteiger partial charge in [0, 0.05) is 17.0 Å². The van der Waals surface area contributed by atoms with Gasteiger partial charge in [0.05, 0.1) is 0 Å². The predicted octanol–water partition coefficient (Wildman–Crippen LogP) is 4.96. The summed E-state index contributed by atoms with van der Waals surface area (Å²) in [6, 6.07) is 9.32. The van der Waals surface area contributed by atoms with Crippen LogP contribution in [0.1, 0.15) is 56.7 Å². The highest BCUT2D eigenvalue weighted by Crippen LogP contribution is 2.34. The van der Waals surface area contributed by atoms with E-state index in [-0.39, 0.29) is 0 Å². The smallest absolute Gasteiger partial charge is 0.0414 e. The van der Waals surface area contributed by atoms with E-state index in [0.717, 1.165) is 17.7 Å². The first-order valence-electron chi connectivity index (χ1n) is 8.11. The Labute approximate surface area is 128 Å². The lowest BCUT2D eigenvalue weighted by Crippen LogP contribution is -2.25. The van der Waals surface area contributed by atoms with Crippen LogP contribution in [-0.2, 0) is 0 Å². The first kappa shape index (κ1) is 15.9. The molecule has 0 heterocycles. The molecule has 0 spiro atoms. The number of thioether (sulfide) groups is 1. The predicted molar refractivity (Wildman–Crippen MR) is 91.5 cm³/mol. The Kier molecular flexibility index (Phi) is 6.44. The second kappa shape index (κ2) is 8.09. The number of benzene rings is 1. The van der Waals surface area contributed by atoms with Gasteiger partial charge in [-0.25, -0.2) is 0 Å². The summed E-state index contributed by atoms with van der Waals surface area (Å²) >= 11 is 2.19. The molecule has 1 saturated carbocycles. The lowest BCUT2D eigenvalue weighted by atomic mass is 9.91. The molecule has 1 nitrogen and oxygen atoms in total. The fraction of sp³-hybridized carbons (Fsp3) is 0.667. The van der Waals surface area contributed by atoms with Gasteiger partial charge in [0.1, 0.15) is 0 Å². The lowest BCUT2D eigenvalue weighted by Gasteiger charge is -2.28. The van der Waals surface area contributed by atoms with Crippen LogP contribution in [0, 0.1) is 12.8 Å². The maximum absolute atomic E-state index is 3.67. The summed E-state index contributed by atoms with van der Waals surface area (Å²) in [5.74, 6) is 2.13. The second-order valence-electron chi connectivity index (χ2n) is 6.19. The van der Waals surface area contributed by atoms with Crippen LogP contribution in [0.5, 0.6) is 0 Å². The first-order valence-corrected chi connectivity index (χ1v) is 9.16. The Morgan fingerprint density at radius 3 is 2.80 bits per heavy atom. The quantitative estimate of drug-likeness (QED) is 0.795. The highest BCUT2D eigenvalue weighted by molar-refractivity contribution is 7.99. The van der Waals surface area contributed by atoms with Gasteiger partial charge in [-0.05, 0) is 43.4 Å². The van der Waals surface area contributed by atoms with Crippen molar-refractivity contribution >= 4 is 11.8 Å². The van der Waals surface area contributed by atoms with Crippen LogP contribution in [0.2, 0.25) is 0 Å². The van der Waals surface area contributed by atoms with Crippen LogP contribution in [-0.4, -0.2) is 17.5 Å². The highest BCUT2D eigenvalue weighted by Gasteiger charge is 2.21. The maximum Gasteiger partial charge on any atom is 0.0414 e. The lowest BCUT2D eigenvalue weighted by molar-refractivity contribution is 0.394. The Bertz CT molecular complexity index is 404. The molecular formula is C18H29NS. The van der Waals surface area contributed by atoms with Gasteiger partial charge in [-0.1, -0.05) is 51.0 Å². The van der Waals surface area contributed by atoms with E-state index in [1.165, 1.54) is 42.6 Å². The summed E-state index contributed by atoms with van der Waals surface area (Å²) in [5.41, 5.74) is 2.89. The van der Waals surface area contributed by atoms with Crippen LogP contribution in [0.25, 0.3) is 0 Å². The molecule has 3 unspecified atom stereocenters. The number of nitrogens with one attached hydrogen (secondary N) is 1. The van der Waals surface area contributed by atoms with Gasteiger partial charge < -0.3 is 5.32 Å². The molecule has 3 atom stereocenters. The number of hydrogen-bond acceptors (Lipinski definition) is 2. The van der Waals surface area contributed by atoms with Crippen molar-refractivity contribution in [1.29, 1.82) is 0 Å². The van der Waals surface area contributed by atoms with Gasteiger partial charge in [-0.2, -0.15) is 11.8 Å². The van der Waals surface area contributed by atoms with Crippen LogP contribution in [0.4, 0.5) is 0 Å². The third-order valence-corrected chi connectivity index (χ3v) is 5.83. The van der Waals surface area contributed by atoms with E-state index in [1.807, 2.05) is 0 Å². The minimum absolute atomic E-state index is 0.503. The van der Waals surface area contributed by atoms with E-state index in [1.54, 1.807) is 0 Å². The minimum atomic E-state index is 0.503. The molecule has 1 N–H and O–H groups in total. The Balaban J connectivity index is 1.94. The van der Waals surface area contributed by atoms with E-state index < -0.39 is 0 Å². The third-order valence-electron chi connectivity index (χ3n) is 4.40. The molecule has 0 aliphatic heterocycles. The molecule has 1 aromatic rings. The molecular weight excluding hydrogens is 262 g/mol. The fourth-order valence-electron chi connectivity index (χ4n) is 3.24. The molecule has 2 heteroatoms. The third kappa shape index (κ3) is 4.53. The average molecular weight is 292 g/mol. The average Bonchev–Trinajstić information content (AvgIpc) is 2.44. The van der Waals surface area contributed by atoms with Gasteiger partial charge in [0.15, 0.2) is 0 Å². The first-order chi connectivity index (χ1) is 9.70. The van der Waals surface area contributed by atoms with Crippen LogP contribution in [0.15, 0.2) is 24.3 Å². The molecule has 1 fully saturated rings. The fourth-order valence-corrected chi connectivity index (χ4v) is 4.80. The summed E-state index contributed by atoms with van der Waals surface area (Å²) in [6.45, 7) is 7.89. The van der Waals surface area contributed by atoms with Crippen molar-refractivity contribution in [3.05, 3.63) is 35.4 Å². The molecule has 0 amide bonds. The zero-order valence-electron chi connectivity index (χ0n) is 13.2. The molecule has 20 heavy (non-hydrogen) atoms. The van der Waals surface area contributed by atoms with Crippen molar-refractivity contribution in [2.24, 2.45) is 5.92 Å². The van der Waals surface area contributed by atoms with Crippen molar-refractivity contribution in [1.82, 2.24) is 5.32 Å². The molecule has 0 aromatic heterocycles.